The van der Waals surface area contributed by atoms with Crippen LogP contribution in [0.15, 0.2) is 29.1 Å². The standard InChI is InChI=1S/C18H21N3O/c1-12-2-4-13(5-3-12)10-21-9-8-15-16(11-21)19-17(14-6-7-14)20-18(15)22/h2-5,14H,6-11H2,1H3,(H,19,20,22). The topological polar surface area (TPSA) is 49.0 Å². The number of benzene rings is 1. The molecule has 1 saturated carbocycles. The van der Waals surface area contributed by atoms with E-state index in [1.165, 1.54) is 11.1 Å². The summed E-state index contributed by atoms with van der Waals surface area (Å²) < 4.78 is 0. The van der Waals surface area contributed by atoms with Crippen LogP contribution in [0.5, 0.6) is 0 Å². The predicted octanol–water partition coefficient (Wildman–Crippen LogP) is 2.51. The van der Waals surface area contributed by atoms with E-state index in [1.54, 1.807) is 0 Å². The smallest absolute Gasteiger partial charge is 0.254 e. The molecule has 4 heteroatoms. The van der Waals surface area contributed by atoms with Gasteiger partial charge in [-0.05, 0) is 31.7 Å². The molecule has 0 radical (unpaired) electrons. The van der Waals surface area contributed by atoms with E-state index >= 15 is 0 Å². The van der Waals surface area contributed by atoms with Crippen molar-refractivity contribution in [1.29, 1.82) is 0 Å². The number of aryl methyl sites for hydroxylation is 1. The van der Waals surface area contributed by atoms with E-state index in [0.717, 1.165) is 56.0 Å². The van der Waals surface area contributed by atoms with Crippen LogP contribution in [-0.2, 0) is 19.5 Å². The molecule has 114 valence electrons. The second-order valence-corrected chi connectivity index (χ2v) is 6.60. The highest BCUT2D eigenvalue weighted by molar-refractivity contribution is 5.24. The van der Waals surface area contributed by atoms with Crippen molar-refractivity contribution in [3.63, 3.8) is 0 Å². The highest BCUT2D eigenvalue weighted by Crippen LogP contribution is 2.37. The molecule has 1 fully saturated rings. The molecule has 1 N–H and O–H groups in total. The summed E-state index contributed by atoms with van der Waals surface area (Å²) >= 11 is 0. The number of aromatic nitrogens is 2. The van der Waals surface area contributed by atoms with Gasteiger partial charge in [-0.2, -0.15) is 0 Å². The van der Waals surface area contributed by atoms with Crippen LogP contribution in [0.2, 0.25) is 0 Å². The Morgan fingerprint density at radius 2 is 2.05 bits per heavy atom. The lowest BCUT2D eigenvalue weighted by molar-refractivity contribution is 0.240. The highest BCUT2D eigenvalue weighted by atomic mass is 16.1. The zero-order valence-electron chi connectivity index (χ0n) is 12.9. The Kier molecular flexibility index (Phi) is 3.34. The molecular formula is C18H21N3O. The number of hydrogen-bond donors (Lipinski definition) is 1. The second kappa shape index (κ2) is 5.36. The van der Waals surface area contributed by atoms with Gasteiger partial charge in [0.05, 0.1) is 5.69 Å². The Morgan fingerprint density at radius 1 is 1.27 bits per heavy atom. The maximum absolute atomic E-state index is 12.2. The molecule has 22 heavy (non-hydrogen) atoms. The molecule has 2 aliphatic rings. The Hall–Kier alpha value is -1.94. The van der Waals surface area contributed by atoms with Gasteiger partial charge in [0.25, 0.3) is 5.56 Å². The SMILES string of the molecule is Cc1ccc(CN2CCc3c(nc(C4CC4)[nH]c3=O)C2)cc1. The highest BCUT2D eigenvalue weighted by Gasteiger charge is 2.29. The normalized spacial score (nSPS) is 18.2. The van der Waals surface area contributed by atoms with Crippen molar-refractivity contribution in [1.82, 2.24) is 14.9 Å². The second-order valence-electron chi connectivity index (χ2n) is 6.60. The molecule has 2 heterocycles. The maximum Gasteiger partial charge on any atom is 0.254 e. The largest absolute Gasteiger partial charge is 0.310 e. The molecule has 1 aliphatic carbocycles. The van der Waals surface area contributed by atoms with Gasteiger partial charge in [0, 0.05) is 31.1 Å². The Morgan fingerprint density at radius 3 is 2.77 bits per heavy atom. The monoisotopic (exact) mass is 295 g/mol. The summed E-state index contributed by atoms with van der Waals surface area (Å²) in [4.78, 5) is 22.3. The van der Waals surface area contributed by atoms with Gasteiger partial charge in [-0.1, -0.05) is 29.8 Å². The lowest BCUT2D eigenvalue weighted by atomic mass is 10.0. The fraction of sp³-hybridized carbons (Fsp3) is 0.444. The van der Waals surface area contributed by atoms with Crippen molar-refractivity contribution in [2.24, 2.45) is 0 Å². The number of nitrogens with zero attached hydrogens (tertiary/aromatic N) is 2. The van der Waals surface area contributed by atoms with Crippen LogP contribution in [-0.4, -0.2) is 21.4 Å². The van der Waals surface area contributed by atoms with Crippen molar-refractivity contribution in [3.05, 3.63) is 62.8 Å². The van der Waals surface area contributed by atoms with Crippen molar-refractivity contribution >= 4 is 0 Å². The van der Waals surface area contributed by atoms with E-state index in [1.807, 2.05) is 0 Å². The van der Waals surface area contributed by atoms with Crippen LogP contribution in [0.25, 0.3) is 0 Å². The van der Waals surface area contributed by atoms with Gasteiger partial charge in [-0.3, -0.25) is 9.69 Å². The molecule has 4 rings (SSSR count). The first-order chi connectivity index (χ1) is 10.7. The minimum absolute atomic E-state index is 0.0851. The Labute approximate surface area is 130 Å². The van der Waals surface area contributed by atoms with E-state index in [4.69, 9.17) is 4.98 Å². The van der Waals surface area contributed by atoms with Gasteiger partial charge >= 0.3 is 0 Å². The summed E-state index contributed by atoms with van der Waals surface area (Å²) in [7, 11) is 0. The Balaban J connectivity index is 1.55. The summed E-state index contributed by atoms with van der Waals surface area (Å²) in [6.45, 7) is 4.74. The number of nitrogens with one attached hydrogen (secondary N) is 1. The first-order valence-electron chi connectivity index (χ1n) is 8.09. The molecule has 0 amide bonds. The van der Waals surface area contributed by atoms with Gasteiger partial charge < -0.3 is 4.98 Å². The third kappa shape index (κ3) is 2.71. The van der Waals surface area contributed by atoms with Crippen molar-refractivity contribution < 1.29 is 0 Å². The molecule has 1 aromatic carbocycles. The van der Waals surface area contributed by atoms with E-state index in [2.05, 4.69) is 41.1 Å². The summed E-state index contributed by atoms with van der Waals surface area (Å²) in [6.07, 6.45) is 3.12. The molecule has 1 aromatic heterocycles. The van der Waals surface area contributed by atoms with Crippen molar-refractivity contribution in [3.8, 4) is 0 Å². The minimum Gasteiger partial charge on any atom is -0.310 e. The van der Waals surface area contributed by atoms with Gasteiger partial charge in [0.2, 0.25) is 0 Å². The van der Waals surface area contributed by atoms with Crippen LogP contribution in [0, 0.1) is 6.92 Å². The van der Waals surface area contributed by atoms with Crippen molar-refractivity contribution in [2.45, 2.75) is 45.2 Å². The van der Waals surface area contributed by atoms with Crippen LogP contribution in [0.1, 0.15) is 47.0 Å². The third-order valence-electron chi connectivity index (χ3n) is 4.66. The van der Waals surface area contributed by atoms with E-state index < -0.39 is 0 Å². The van der Waals surface area contributed by atoms with Gasteiger partial charge in [0.15, 0.2) is 0 Å². The molecule has 0 bridgehead atoms. The number of aromatic amines is 1. The maximum atomic E-state index is 12.2. The van der Waals surface area contributed by atoms with Crippen molar-refractivity contribution in [2.75, 3.05) is 6.54 Å². The van der Waals surface area contributed by atoms with E-state index in [-0.39, 0.29) is 5.56 Å². The lowest BCUT2D eigenvalue weighted by Crippen LogP contribution is -2.35. The quantitative estimate of drug-likeness (QED) is 0.946. The number of H-pyrrole nitrogens is 1. The average molecular weight is 295 g/mol. The van der Waals surface area contributed by atoms with Gasteiger partial charge in [-0.15, -0.1) is 0 Å². The van der Waals surface area contributed by atoms with E-state index in [0.29, 0.717) is 5.92 Å². The first-order valence-corrected chi connectivity index (χ1v) is 8.09. The summed E-state index contributed by atoms with van der Waals surface area (Å²) in [6, 6.07) is 8.68. The number of hydrogen-bond acceptors (Lipinski definition) is 3. The summed E-state index contributed by atoms with van der Waals surface area (Å²) in [5, 5.41) is 0. The number of rotatable bonds is 3. The molecule has 4 nitrogen and oxygen atoms in total. The van der Waals surface area contributed by atoms with Gasteiger partial charge in [-0.25, -0.2) is 4.98 Å². The minimum atomic E-state index is 0.0851. The molecule has 0 saturated heterocycles. The predicted molar refractivity (Wildman–Crippen MR) is 85.8 cm³/mol. The lowest BCUT2D eigenvalue weighted by Gasteiger charge is -2.27. The van der Waals surface area contributed by atoms with Crippen LogP contribution >= 0.6 is 0 Å². The molecule has 0 spiro atoms. The first kappa shape index (κ1) is 13.7. The fourth-order valence-corrected chi connectivity index (χ4v) is 3.15. The summed E-state index contributed by atoms with van der Waals surface area (Å²) in [5.74, 6) is 1.39. The van der Waals surface area contributed by atoms with E-state index in [9.17, 15) is 4.79 Å². The third-order valence-corrected chi connectivity index (χ3v) is 4.66. The van der Waals surface area contributed by atoms with Gasteiger partial charge in [0.1, 0.15) is 5.82 Å². The fourth-order valence-electron chi connectivity index (χ4n) is 3.15. The molecule has 0 atom stereocenters. The molecule has 2 aromatic rings. The van der Waals surface area contributed by atoms with Crippen LogP contribution < -0.4 is 5.56 Å². The molecular weight excluding hydrogens is 274 g/mol. The zero-order valence-corrected chi connectivity index (χ0v) is 12.9. The average Bonchev–Trinajstić information content (AvgIpc) is 3.34. The van der Waals surface area contributed by atoms with Crippen LogP contribution in [0.4, 0.5) is 0 Å². The Bertz CT molecular complexity index is 744. The summed E-state index contributed by atoms with van der Waals surface area (Å²) in [5.41, 5.74) is 4.58. The molecule has 0 unspecified atom stereocenters. The number of fused-ring (bicyclic) bond motifs is 1. The zero-order chi connectivity index (χ0) is 15.1. The van der Waals surface area contributed by atoms with Crippen LogP contribution in [0.3, 0.4) is 0 Å². The molecule has 1 aliphatic heterocycles.